The summed E-state index contributed by atoms with van der Waals surface area (Å²) in [6.07, 6.45) is 4.28. The molecule has 1 aromatic rings. The predicted molar refractivity (Wildman–Crippen MR) is 89.3 cm³/mol. The normalized spacial score (nSPS) is 23.7. The highest BCUT2D eigenvalue weighted by Gasteiger charge is 2.40. The highest BCUT2D eigenvalue weighted by molar-refractivity contribution is 9.11. The molecule has 0 bridgehead atoms. The van der Waals surface area contributed by atoms with Gasteiger partial charge in [-0.15, -0.1) is 11.3 Å². The molecule has 1 saturated carbocycles. The average Bonchev–Trinajstić information content (AvgIpc) is 3.21. The molecule has 1 aliphatic carbocycles. The molecule has 2 heterocycles. The highest BCUT2D eigenvalue weighted by Crippen LogP contribution is 2.37. The third-order valence-corrected chi connectivity index (χ3v) is 7.95. The fourth-order valence-corrected chi connectivity index (χ4v) is 7.10. The van der Waals surface area contributed by atoms with Gasteiger partial charge in [-0.25, -0.2) is 8.42 Å². The fraction of sp³-hybridized carbons (Fsp3) is 0.714. The first kappa shape index (κ1) is 15.9. The van der Waals surface area contributed by atoms with Gasteiger partial charge in [-0.1, -0.05) is 0 Å². The number of piperidine rings is 1. The third-order valence-electron chi connectivity index (χ3n) is 4.22. The second-order valence-corrected chi connectivity index (χ2v) is 10.5. The minimum absolute atomic E-state index is 0.218. The van der Waals surface area contributed by atoms with Crippen LogP contribution in [0.5, 0.6) is 0 Å². The number of hydrogen-bond donors (Lipinski definition) is 1. The van der Waals surface area contributed by atoms with Gasteiger partial charge in [0.25, 0.3) is 0 Å². The summed E-state index contributed by atoms with van der Waals surface area (Å²) in [6, 6.07) is 1.97. The van der Waals surface area contributed by atoms with E-state index in [1.54, 1.807) is 10.4 Å². The predicted octanol–water partition coefficient (Wildman–Crippen LogP) is 2.97. The van der Waals surface area contributed by atoms with Crippen LogP contribution in [0.25, 0.3) is 0 Å². The minimum atomic E-state index is -3.36. The van der Waals surface area contributed by atoms with Gasteiger partial charge in [-0.05, 0) is 73.6 Å². The van der Waals surface area contributed by atoms with Crippen molar-refractivity contribution >= 4 is 37.3 Å². The summed E-state index contributed by atoms with van der Waals surface area (Å²) in [5, 5.41) is 3.38. The summed E-state index contributed by atoms with van der Waals surface area (Å²) >= 11 is 4.89. The summed E-state index contributed by atoms with van der Waals surface area (Å²) in [5.74, 6) is 0.441. The molecule has 0 amide bonds. The molecule has 1 saturated heterocycles. The van der Waals surface area contributed by atoms with Crippen LogP contribution in [0.1, 0.15) is 30.6 Å². The Bertz CT molecular complexity index is 604. The van der Waals surface area contributed by atoms with E-state index in [0.29, 0.717) is 17.4 Å². The zero-order chi connectivity index (χ0) is 15.0. The maximum atomic E-state index is 13.0. The molecule has 1 unspecified atom stereocenters. The molecule has 2 aliphatic rings. The summed E-state index contributed by atoms with van der Waals surface area (Å²) in [6.45, 7) is 4.54. The van der Waals surface area contributed by atoms with E-state index in [9.17, 15) is 8.42 Å². The van der Waals surface area contributed by atoms with Gasteiger partial charge in [0.2, 0.25) is 10.0 Å². The first-order valence-electron chi connectivity index (χ1n) is 7.47. The van der Waals surface area contributed by atoms with E-state index >= 15 is 0 Å². The van der Waals surface area contributed by atoms with E-state index in [1.165, 1.54) is 11.3 Å². The first-order chi connectivity index (χ1) is 9.98. The molecule has 0 radical (unpaired) electrons. The van der Waals surface area contributed by atoms with Crippen molar-refractivity contribution < 1.29 is 8.42 Å². The van der Waals surface area contributed by atoms with E-state index in [0.717, 1.165) is 47.4 Å². The van der Waals surface area contributed by atoms with Gasteiger partial charge < -0.3 is 5.32 Å². The summed E-state index contributed by atoms with van der Waals surface area (Å²) in [5.41, 5.74) is 0. The smallest absolute Gasteiger partial charge is 0.244 e. The summed E-state index contributed by atoms with van der Waals surface area (Å²) in [4.78, 5) is 1.35. The van der Waals surface area contributed by atoms with Gasteiger partial charge in [0.05, 0.1) is 8.68 Å². The van der Waals surface area contributed by atoms with Crippen LogP contribution in [-0.2, 0) is 10.0 Å². The lowest BCUT2D eigenvalue weighted by atomic mass is 10.00. The van der Waals surface area contributed by atoms with Crippen LogP contribution >= 0.6 is 27.3 Å². The lowest BCUT2D eigenvalue weighted by Crippen LogP contribution is -2.42. The second-order valence-electron chi connectivity index (χ2n) is 5.99. The van der Waals surface area contributed by atoms with Gasteiger partial charge in [-0.2, -0.15) is 4.31 Å². The van der Waals surface area contributed by atoms with Crippen LogP contribution in [0, 0.1) is 12.8 Å². The maximum Gasteiger partial charge on any atom is 0.244 e. The topological polar surface area (TPSA) is 49.4 Å². The lowest BCUT2D eigenvalue weighted by molar-refractivity contribution is 0.286. The summed E-state index contributed by atoms with van der Waals surface area (Å²) in [7, 11) is -3.36. The maximum absolute atomic E-state index is 13.0. The fourth-order valence-electron chi connectivity index (χ4n) is 2.95. The zero-order valence-electron chi connectivity index (χ0n) is 12.1. The van der Waals surface area contributed by atoms with Crippen LogP contribution in [-0.4, -0.2) is 38.4 Å². The zero-order valence-corrected chi connectivity index (χ0v) is 15.4. The Labute approximate surface area is 139 Å². The minimum Gasteiger partial charge on any atom is -0.316 e. The lowest BCUT2D eigenvalue weighted by Gasteiger charge is -2.29. The monoisotopic (exact) mass is 392 g/mol. The van der Waals surface area contributed by atoms with Gasteiger partial charge >= 0.3 is 0 Å². The van der Waals surface area contributed by atoms with Gasteiger partial charge in [0, 0.05) is 17.5 Å². The van der Waals surface area contributed by atoms with Crippen LogP contribution in [0.3, 0.4) is 0 Å². The molecule has 7 heteroatoms. The number of aryl methyl sites for hydroxylation is 1. The van der Waals surface area contributed by atoms with E-state index in [4.69, 9.17) is 0 Å². The first-order valence-corrected chi connectivity index (χ1v) is 10.5. The van der Waals surface area contributed by atoms with Gasteiger partial charge in [0.1, 0.15) is 0 Å². The van der Waals surface area contributed by atoms with E-state index < -0.39 is 10.0 Å². The van der Waals surface area contributed by atoms with Crippen LogP contribution < -0.4 is 5.32 Å². The molecular weight excluding hydrogens is 372 g/mol. The molecule has 0 aromatic carbocycles. The molecule has 1 N–H and O–H groups in total. The quantitative estimate of drug-likeness (QED) is 0.837. The Morgan fingerprint density at radius 3 is 2.71 bits per heavy atom. The van der Waals surface area contributed by atoms with Gasteiger partial charge in [-0.3, -0.25) is 0 Å². The highest BCUT2D eigenvalue weighted by atomic mass is 79.9. The van der Waals surface area contributed by atoms with Crippen LogP contribution in [0.2, 0.25) is 0 Å². The Morgan fingerprint density at radius 2 is 2.19 bits per heavy atom. The SMILES string of the molecule is Cc1sc(Br)cc1S(=O)(=O)N(CC1CCCNC1)C1CC1. The van der Waals surface area contributed by atoms with E-state index in [1.807, 2.05) is 6.92 Å². The molecule has 4 nitrogen and oxygen atoms in total. The van der Waals surface area contributed by atoms with Crippen molar-refractivity contribution in [1.82, 2.24) is 9.62 Å². The standard InChI is InChI=1S/C14H21BrN2O2S2/c1-10-13(7-14(15)20-10)21(18,19)17(12-4-5-12)9-11-3-2-6-16-8-11/h7,11-12,16H,2-6,8-9H2,1H3. The molecule has 3 rings (SSSR count). The van der Waals surface area contributed by atoms with Crippen molar-refractivity contribution in [3.8, 4) is 0 Å². The third kappa shape index (κ3) is 3.52. The van der Waals surface area contributed by atoms with Crippen molar-refractivity contribution in [2.24, 2.45) is 5.92 Å². The molecule has 1 aromatic heterocycles. The number of halogens is 1. The number of thiophene rings is 1. The molecule has 1 atom stereocenters. The molecule has 118 valence electrons. The van der Waals surface area contributed by atoms with E-state index in [-0.39, 0.29) is 6.04 Å². The Morgan fingerprint density at radius 1 is 1.43 bits per heavy atom. The van der Waals surface area contributed by atoms with Gasteiger partial charge in [0.15, 0.2) is 0 Å². The number of nitrogens with zero attached hydrogens (tertiary/aromatic N) is 1. The molecule has 2 fully saturated rings. The van der Waals surface area contributed by atoms with Crippen molar-refractivity contribution in [2.75, 3.05) is 19.6 Å². The summed E-state index contributed by atoms with van der Waals surface area (Å²) < 4.78 is 28.7. The molecule has 0 spiro atoms. The van der Waals surface area contributed by atoms with Crippen molar-refractivity contribution in [2.45, 2.75) is 43.5 Å². The molecular formula is C14H21BrN2O2S2. The number of nitrogens with one attached hydrogen (secondary N) is 1. The second kappa shape index (κ2) is 6.28. The van der Waals surface area contributed by atoms with Crippen molar-refractivity contribution in [3.63, 3.8) is 0 Å². The van der Waals surface area contributed by atoms with Crippen molar-refractivity contribution in [1.29, 1.82) is 0 Å². The Kier molecular flexibility index (Phi) is 4.76. The van der Waals surface area contributed by atoms with Crippen LogP contribution in [0.15, 0.2) is 14.7 Å². The molecule has 1 aliphatic heterocycles. The van der Waals surface area contributed by atoms with Crippen molar-refractivity contribution in [3.05, 3.63) is 14.7 Å². The largest absolute Gasteiger partial charge is 0.316 e. The number of rotatable bonds is 5. The average molecular weight is 393 g/mol. The Hall–Kier alpha value is 0.0500. The number of sulfonamides is 1. The molecule has 21 heavy (non-hydrogen) atoms. The Balaban J connectivity index is 1.84. The van der Waals surface area contributed by atoms with E-state index in [2.05, 4.69) is 21.2 Å². The number of hydrogen-bond acceptors (Lipinski definition) is 4. The van der Waals surface area contributed by atoms with Crippen LogP contribution in [0.4, 0.5) is 0 Å².